The molecule has 0 bridgehead atoms. The molecule has 0 fully saturated rings. The van der Waals surface area contributed by atoms with Crippen molar-refractivity contribution in [3.63, 3.8) is 0 Å². The van der Waals surface area contributed by atoms with Gasteiger partial charge in [0.1, 0.15) is 5.78 Å². The molecule has 1 aromatic carbocycles. The summed E-state index contributed by atoms with van der Waals surface area (Å²) in [6.45, 7) is 4.42. The van der Waals surface area contributed by atoms with Gasteiger partial charge in [-0.2, -0.15) is 0 Å². The average molecular weight is 333 g/mol. The lowest BCUT2D eigenvalue weighted by molar-refractivity contribution is -0.128. The van der Waals surface area contributed by atoms with Crippen molar-refractivity contribution in [2.24, 2.45) is 11.1 Å². The van der Waals surface area contributed by atoms with Crippen molar-refractivity contribution in [1.29, 1.82) is 0 Å². The fraction of sp³-hybridized carbons (Fsp3) is 0.500. The topological polar surface area (TPSA) is 43.1 Å². The second-order valence-corrected chi connectivity index (χ2v) is 5.85. The number of carbonyl (C=O) groups excluding carboxylic acids is 1. The Morgan fingerprint density at radius 1 is 1.39 bits per heavy atom. The molecule has 0 spiro atoms. The summed E-state index contributed by atoms with van der Waals surface area (Å²) in [5.74, 6) is 0.180. The van der Waals surface area contributed by atoms with Crippen LogP contribution in [0.4, 0.5) is 0 Å². The van der Waals surface area contributed by atoms with E-state index in [1.54, 1.807) is 0 Å². The monoisotopic (exact) mass is 331 g/mol. The maximum Gasteiger partial charge on any atom is 0.144 e. The number of rotatable bonds is 6. The van der Waals surface area contributed by atoms with E-state index in [4.69, 9.17) is 17.3 Å². The number of benzene rings is 1. The maximum absolute atomic E-state index is 12.4. The van der Waals surface area contributed by atoms with Crippen molar-refractivity contribution < 1.29 is 4.79 Å². The minimum atomic E-state index is -0.406. The molecule has 100 valence electrons. The predicted molar refractivity (Wildman–Crippen MR) is 79.9 cm³/mol. The Morgan fingerprint density at radius 2 is 2.00 bits per heavy atom. The SMILES string of the molecule is CCC(CC)(CN)C(=O)Cc1ccc(Br)cc1Cl. The second-order valence-electron chi connectivity index (χ2n) is 4.53. The average Bonchev–Trinajstić information content (AvgIpc) is 2.36. The van der Waals surface area contributed by atoms with Crippen molar-refractivity contribution in [3.8, 4) is 0 Å². The van der Waals surface area contributed by atoms with Crippen LogP contribution in [0.3, 0.4) is 0 Å². The lowest BCUT2D eigenvalue weighted by atomic mass is 9.76. The molecular weight excluding hydrogens is 314 g/mol. The molecule has 0 saturated heterocycles. The lowest BCUT2D eigenvalue weighted by Gasteiger charge is -2.28. The molecule has 4 heteroatoms. The smallest absolute Gasteiger partial charge is 0.144 e. The largest absolute Gasteiger partial charge is 0.329 e. The van der Waals surface area contributed by atoms with E-state index in [0.717, 1.165) is 22.9 Å². The Morgan fingerprint density at radius 3 is 2.44 bits per heavy atom. The van der Waals surface area contributed by atoms with Gasteiger partial charge < -0.3 is 5.73 Å². The molecule has 18 heavy (non-hydrogen) atoms. The molecule has 0 aliphatic rings. The van der Waals surface area contributed by atoms with E-state index in [0.29, 0.717) is 18.0 Å². The summed E-state index contributed by atoms with van der Waals surface area (Å²) in [7, 11) is 0. The zero-order valence-corrected chi connectivity index (χ0v) is 13.1. The maximum atomic E-state index is 12.4. The lowest BCUT2D eigenvalue weighted by Crippen LogP contribution is -2.38. The standard InChI is InChI=1S/C14H19BrClNO/c1-3-14(4-2,9-17)13(18)7-10-5-6-11(15)8-12(10)16/h5-6,8H,3-4,7,9,17H2,1-2H3. The number of Topliss-reactive ketones (excluding diaryl/α,β-unsaturated/α-hetero) is 1. The quantitative estimate of drug-likeness (QED) is 0.856. The van der Waals surface area contributed by atoms with Crippen molar-refractivity contribution in [2.75, 3.05) is 6.54 Å². The summed E-state index contributed by atoms with van der Waals surface area (Å²) in [5, 5.41) is 0.621. The van der Waals surface area contributed by atoms with Gasteiger partial charge in [0.15, 0.2) is 0 Å². The summed E-state index contributed by atoms with van der Waals surface area (Å²) >= 11 is 9.49. The first-order chi connectivity index (χ1) is 8.49. The Bertz CT molecular complexity index is 422. The van der Waals surface area contributed by atoms with E-state index in [-0.39, 0.29) is 5.78 Å². The zero-order valence-electron chi connectivity index (χ0n) is 10.8. The normalized spacial score (nSPS) is 11.6. The first kappa shape index (κ1) is 15.7. The van der Waals surface area contributed by atoms with Gasteiger partial charge in [0.2, 0.25) is 0 Å². The van der Waals surface area contributed by atoms with E-state index >= 15 is 0 Å². The Labute approximate surface area is 122 Å². The van der Waals surface area contributed by atoms with Crippen LogP contribution in [0, 0.1) is 5.41 Å². The second kappa shape index (κ2) is 6.69. The van der Waals surface area contributed by atoms with Crippen LogP contribution in [0.2, 0.25) is 5.02 Å². The molecule has 0 aromatic heterocycles. The molecule has 0 saturated carbocycles. The van der Waals surface area contributed by atoms with E-state index in [1.807, 2.05) is 32.0 Å². The molecule has 0 aliphatic heterocycles. The van der Waals surface area contributed by atoms with Gasteiger partial charge in [-0.15, -0.1) is 0 Å². The van der Waals surface area contributed by atoms with Gasteiger partial charge in [0.25, 0.3) is 0 Å². The minimum Gasteiger partial charge on any atom is -0.329 e. The first-order valence-corrected chi connectivity index (χ1v) is 7.33. The van der Waals surface area contributed by atoms with Gasteiger partial charge in [0.05, 0.1) is 0 Å². The van der Waals surface area contributed by atoms with E-state index in [9.17, 15) is 4.79 Å². The first-order valence-electron chi connectivity index (χ1n) is 6.16. The molecule has 0 heterocycles. The van der Waals surface area contributed by atoms with E-state index in [2.05, 4.69) is 15.9 Å². The molecule has 2 nitrogen and oxygen atoms in total. The third-order valence-electron chi connectivity index (χ3n) is 3.70. The summed E-state index contributed by atoms with van der Waals surface area (Å²) in [4.78, 5) is 12.4. The van der Waals surface area contributed by atoms with Crippen molar-refractivity contribution in [1.82, 2.24) is 0 Å². The van der Waals surface area contributed by atoms with Crippen LogP contribution in [0.1, 0.15) is 32.3 Å². The summed E-state index contributed by atoms with van der Waals surface area (Å²) in [6, 6.07) is 5.60. The fourth-order valence-electron chi connectivity index (χ4n) is 2.07. The number of hydrogen-bond acceptors (Lipinski definition) is 2. The van der Waals surface area contributed by atoms with Gasteiger partial charge in [0, 0.05) is 27.9 Å². The summed E-state index contributed by atoms with van der Waals surface area (Å²) in [5.41, 5.74) is 6.24. The summed E-state index contributed by atoms with van der Waals surface area (Å²) in [6.07, 6.45) is 1.89. The molecule has 0 aliphatic carbocycles. The predicted octanol–water partition coefficient (Wildman–Crippen LogP) is 3.98. The molecule has 0 unspecified atom stereocenters. The number of hydrogen-bond donors (Lipinski definition) is 1. The molecule has 0 amide bonds. The third-order valence-corrected chi connectivity index (χ3v) is 4.55. The third kappa shape index (κ3) is 3.34. The number of carbonyl (C=O) groups is 1. The van der Waals surface area contributed by atoms with Crippen LogP contribution < -0.4 is 5.73 Å². The highest BCUT2D eigenvalue weighted by Crippen LogP contribution is 2.30. The highest BCUT2D eigenvalue weighted by molar-refractivity contribution is 9.10. The molecule has 1 rings (SSSR count). The molecule has 2 N–H and O–H groups in total. The van der Waals surface area contributed by atoms with Gasteiger partial charge in [-0.3, -0.25) is 4.79 Å². The Hall–Kier alpha value is -0.380. The Balaban J connectivity index is 2.93. The van der Waals surface area contributed by atoms with Crippen LogP contribution in [-0.2, 0) is 11.2 Å². The zero-order chi connectivity index (χ0) is 13.8. The van der Waals surface area contributed by atoms with E-state index in [1.165, 1.54) is 0 Å². The number of nitrogens with two attached hydrogens (primary N) is 1. The van der Waals surface area contributed by atoms with E-state index < -0.39 is 5.41 Å². The van der Waals surface area contributed by atoms with Crippen LogP contribution in [0.15, 0.2) is 22.7 Å². The molecule has 0 atom stereocenters. The highest BCUT2D eigenvalue weighted by Gasteiger charge is 2.32. The van der Waals surface area contributed by atoms with Crippen LogP contribution >= 0.6 is 27.5 Å². The van der Waals surface area contributed by atoms with Gasteiger partial charge in [-0.05, 0) is 30.5 Å². The number of halogens is 2. The molecule has 1 aromatic rings. The summed E-state index contributed by atoms with van der Waals surface area (Å²) < 4.78 is 0.916. The fourth-order valence-corrected chi connectivity index (χ4v) is 2.81. The van der Waals surface area contributed by atoms with Gasteiger partial charge >= 0.3 is 0 Å². The van der Waals surface area contributed by atoms with Crippen LogP contribution in [0.5, 0.6) is 0 Å². The Kier molecular flexibility index (Phi) is 5.83. The number of ketones is 1. The van der Waals surface area contributed by atoms with Crippen molar-refractivity contribution in [2.45, 2.75) is 33.1 Å². The van der Waals surface area contributed by atoms with Gasteiger partial charge in [-0.25, -0.2) is 0 Å². The van der Waals surface area contributed by atoms with Gasteiger partial charge in [-0.1, -0.05) is 47.4 Å². The minimum absolute atomic E-state index is 0.180. The highest BCUT2D eigenvalue weighted by atomic mass is 79.9. The van der Waals surface area contributed by atoms with Crippen LogP contribution in [-0.4, -0.2) is 12.3 Å². The van der Waals surface area contributed by atoms with Crippen molar-refractivity contribution >= 4 is 33.3 Å². The molecular formula is C14H19BrClNO. The molecule has 0 radical (unpaired) electrons. The van der Waals surface area contributed by atoms with Crippen LogP contribution in [0.25, 0.3) is 0 Å². The van der Waals surface area contributed by atoms with Crippen molar-refractivity contribution in [3.05, 3.63) is 33.3 Å².